The van der Waals surface area contributed by atoms with Gasteiger partial charge in [-0.05, 0) is 37.8 Å². The monoisotopic (exact) mass is 364 g/mol. The largest absolute Gasteiger partial charge is 0.343 e. The van der Waals surface area contributed by atoms with Crippen LogP contribution < -0.4 is 5.32 Å². The zero-order valence-corrected chi connectivity index (χ0v) is 16.2. The quantitative estimate of drug-likeness (QED) is 0.855. The standard InChI is InChI=1S/C23H28N2O2/c1-23(2,19-13-7-4-8-14-19)22(27)24-20(17-18-11-5-3-6-12-18)21(26)25-15-9-10-16-25/h3-8,11-14,20H,9-10,15-17H2,1-2H3,(H,24,27). The molecule has 2 aromatic rings. The van der Waals surface area contributed by atoms with Crippen molar-refractivity contribution in [3.63, 3.8) is 0 Å². The summed E-state index contributed by atoms with van der Waals surface area (Å²) in [6.07, 6.45) is 2.58. The van der Waals surface area contributed by atoms with E-state index in [1.54, 1.807) is 0 Å². The zero-order chi connectivity index (χ0) is 19.3. The minimum Gasteiger partial charge on any atom is -0.343 e. The first kappa shape index (κ1) is 19.2. The first-order valence-corrected chi connectivity index (χ1v) is 9.67. The Labute approximate surface area is 161 Å². The Morgan fingerprint density at radius 1 is 0.963 bits per heavy atom. The van der Waals surface area contributed by atoms with Crippen molar-refractivity contribution in [2.45, 2.75) is 44.6 Å². The van der Waals surface area contributed by atoms with Crippen LogP contribution in [0.5, 0.6) is 0 Å². The van der Waals surface area contributed by atoms with Crippen molar-refractivity contribution in [2.75, 3.05) is 13.1 Å². The van der Waals surface area contributed by atoms with Gasteiger partial charge in [-0.2, -0.15) is 0 Å². The maximum atomic E-state index is 13.1. The molecule has 4 heteroatoms. The molecule has 1 saturated heterocycles. The summed E-state index contributed by atoms with van der Waals surface area (Å²) in [5, 5.41) is 3.05. The highest BCUT2D eigenvalue weighted by molar-refractivity contribution is 5.92. The Bertz CT molecular complexity index is 765. The highest BCUT2D eigenvalue weighted by Gasteiger charge is 2.34. The average molecular weight is 364 g/mol. The highest BCUT2D eigenvalue weighted by atomic mass is 16.2. The lowest BCUT2D eigenvalue weighted by molar-refractivity contribution is -0.136. The summed E-state index contributed by atoms with van der Waals surface area (Å²) in [5.74, 6) is -0.101. The van der Waals surface area contributed by atoms with Gasteiger partial charge in [0, 0.05) is 19.5 Å². The topological polar surface area (TPSA) is 49.4 Å². The van der Waals surface area contributed by atoms with Crippen LogP contribution in [-0.2, 0) is 21.4 Å². The predicted molar refractivity (Wildman–Crippen MR) is 107 cm³/mol. The van der Waals surface area contributed by atoms with Crippen molar-refractivity contribution in [2.24, 2.45) is 0 Å². The summed E-state index contributed by atoms with van der Waals surface area (Å²) >= 11 is 0. The van der Waals surface area contributed by atoms with E-state index >= 15 is 0 Å². The van der Waals surface area contributed by atoms with E-state index in [4.69, 9.17) is 0 Å². The summed E-state index contributed by atoms with van der Waals surface area (Å²) in [4.78, 5) is 28.0. The number of nitrogens with one attached hydrogen (secondary N) is 1. The van der Waals surface area contributed by atoms with Gasteiger partial charge in [-0.3, -0.25) is 9.59 Å². The van der Waals surface area contributed by atoms with Crippen LogP contribution in [0.15, 0.2) is 60.7 Å². The number of rotatable bonds is 6. The second-order valence-electron chi connectivity index (χ2n) is 7.74. The third kappa shape index (κ3) is 4.57. The summed E-state index contributed by atoms with van der Waals surface area (Å²) in [6, 6.07) is 19.0. The fourth-order valence-corrected chi connectivity index (χ4v) is 3.53. The summed E-state index contributed by atoms with van der Waals surface area (Å²) < 4.78 is 0. The number of carbonyl (C=O) groups excluding carboxylic acids is 2. The van der Waals surface area contributed by atoms with Crippen molar-refractivity contribution in [1.82, 2.24) is 10.2 Å². The van der Waals surface area contributed by atoms with E-state index in [1.165, 1.54) is 0 Å². The van der Waals surface area contributed by atoms with Crippen molar-refractivity contribution in [3.8, 4) is 0 Å². The van der Waals surface area contributed by atoms with Gasteiger partial charge in [0.25, 0.3) is 0 Å². The zero-order valence-electron chi connectivity index (χ0n) is 16.2. The molecule has 1 atom stereocenters. The SMILES string of the molecule is CC(C)(C(=O)NC(Cc1ccccc1)C(=O)N1CCCC1)c1ccccc1. The summed E-state index contributed by atoms with van der Waals surface area (Å²) in [5.41, 5.74) is 1.28. The molecule has 0 radical (unpaired) electrons. The molecule has 0 aromatic heterocycles. The Balaban J connectivity index is 1.79. The molecule has 1 heterocycles. The maximum absolute atomic E-state index is 13.1. The van der Waals surface area contributed by atoms with Crippen LogP contribution in [0, 0.1) is 0 Å². The van der Waals surface area contributed by atoms with Crippen LogP contribution in [0.3, 0.4) is 0 Å². The molecule has 1 unspecified atom stereocenters. The second-order valence-corrected chi connectivity index (χ2v) is 7.74. The minimum atomic E-state index is -0.707. The molecule has 1 N–H and O–H groups in total. The van der Waals surface area contributed by atoms with E-state index < -0.39 is 11.5 Å². The summed E-state index contributed by atoms with van der Waals surface area (Å²) in [7, 11) is 0. The maximum Gasteiger partial charge on any atom is 0.245 e. The Hall–Kier alpha value is -2.62. The molecule has 0 spiro atoms. The van der Waals surface area contributed by atoms with Crippen LogP contribution in [0.1, 0.15) is 37.8 Å². The first-order chi connectivity index (χ1) is 13.0. The highest BCUT2D eigenvalue weighted by Crippen LogP contribution is 2.24. The van der Waals surface area contributed by atoms with Crippen LogP contribution in [0.25, 0.3) is 0 Å². The third-order valence-corrected chi connectivity index (χ3v) is 5.37. The van der Waals surface area contributed by atoms with Gasteiger partial charge in [0.15, 0.2) is 0 Å². The second kappa shape index (κ2) is 8.38. The van der Waals surface area contributed by atoms with Crippen LogP contribution in [-0.4, -0.2) is 35.8 Å². The molecule has 2 aromatic carbocycles. The Morgan fingerprint density at radius 2 is 1.52 bits per heavy atom. The molecule has 142 valence electrons. The molecule has 27 heavy (non-hydrogen) atoms. The van der Waals surface area contributed by atoms with Gasteiger partial charge in [-0.25, -0.2) is 0 Å². The van der Waals surface area contributed by atoms with Crippen molar-refractivity contribution in [3.05, 3.63) is 71.8 Å². The number of benzene rings is 2. The van der Waals surface area contributed by atoms with Crippen LogP contribution in [0.2, 0.25) is 0 Å². The number of nitrogens with zero attached hydrogens (tertiary/aromatic N) is 1. The molecule has 2 amide bonds. The lowest BCUT2D eigenvalue weighted by Gasteiger charge is -2.29. The van der Waals surface area contributed by atoms with Crippen molar-refractivity contribution in [1.29, 1.82) is 0 Å². The number of likely N-dealkylation sites (tertiary alicyclic amines) is 1. The van der Waals surface area contributed by atoms with Gasteiger partial charge in [-0.15, -0.1) is 0 Å². The van der Waals surface area contributed by atoms with Crippen LogP contribution in [0.4, 0.5) is 0 Å². The number of hydrogen-bond acceptors (Lipinski definition) is 2. The smallest absolute Gasteiger partial charge is 0.245 e. The molecular formula is C23H28N2O2. The predicted octanol–water partition coefficient (Wildman–Crippen LogP) is 3.31. The summed E-state index contributed by atoms with van der Waals surface area (Å²) in [6.45, 7) is 5.36. The van der Waals surface area contributed by atoms with Gasteiger partial charge >= 0.3 is 0 Å². The fourth-order valence-electron chi connectivity index (χ4n) is 3.53. The van der Waals surface area contributed by atoms with E-state index in [1.807, 2.05) is 79.4 Å². The molecule has 3 rings (SSSR count). The first-order valence-electron chi connectivity index (χ1n) is 9.67. The third-order valence-electron chi connectivity index (χ3n) is 5.37. The van der Waals surface area contributed by atoms with E-state index in [0.717, 1.165) is 37.1 Å². The fraction of sp³-hybridized carbons (Fsp3) is 0.391. The molecule has 0 aliphatic carbocycles. The molecule has 0 bridgehead atoms. The Kier molecular flexibility index (Phi) is 5.94. The molecule has 0 saturated carbocycles. The van der Waals surface area contributed by atoms with E-state index in [2.05, 4.69) is 5.32 Å². The van der Waals surface area contributed by atoms with Gasteiger partial charge in [0.1, 0.15) is 6.04 Å². The lowest BCUT2D eigenvalue weighted by Crippen LogP contribution is -2.53. The van der Waals surface area contributed by atoms with Gasteiger partial charge in [0.2, 0.25) is 11.8 Å². The van der Waals surface area contributed by atoms with Crippen molar-refractivity contribution < 1.29 is 9.59 Å². The van der Waals surface area contributed by atoms with Gasteiger partial charge in [-0.1, -0.05) is 60.7 Å². The number of carbonyl (C=O) groups is 2. The van der Waals surface area contributed by atoms with E-state index in [-0.39, 0.29) is 11.8 Å². The normalized spacial score (nSPS) is 15.4. The lowest BCUT2D eigenvalue weighted by atomic mass is 9.83. The molecule has 1 fully saturated rings. The van der Waals surface area contributed by atoms with Gasteiger partial charge in [0.05, 0.1) is 5.41 Å². The molecule has 1 aliphatic rings. The van der Waals surface area contributed by atoms with E-state index in [9.17, 15) is 9.59 Å². The van der Waals surface area contributed by atoms with Crippen molar-refractivity contribution >= 4 is 11.8 Å². The molecule has 1 aliphatic heterocycles. The van der Waals surface area contributed by atoms with Gasteiger partial charge < -0.3 is 10.2 Å². The number of amides is 2. The van der Waals surface area contributed by atoms with Crippen LogP contribution >= 0.6 is 0 Å². The number of hydrogen-bond donors (Lipinski definition) is 1. The van der Waals surface area contributed by atoms with E-state index in [0.29, 0.717) is 6.42 Å². The molecular weight excluding hydrogens is 336 g/mol. The minimum absolute atomic E-state index is 0.0218. The Morgan fingerprint density at radius 3 is 2.11 bits per heavy atom. The molecule has 4 nitrogen and oxygen atoms in total. The average Bonchev–Trinajstić information content (AvgIpc) is 3.23.